The second-order valence-corrected chi connectivity index (χ2v) is 5.89. The van der Waals surface area contributed by atoms with Crippen molar-refractivity contribution in [1.82, 2.24) is 0 Å². The Morgan fingerprint density at radius 3 is 2.33 bits per heavy atom. The monoisotopic (exact) mass is 367 g/mol. The maximum absolute atomic E-state index is 12.0. The lowest BCUT2D eigenvalue weighted by atomic mass is 10.2. The van der Waals surface area contributed by atoms with Gasteiger partial charge in [-0.2, -0.15) is 0 Å². The highest BCUT2D eigenvalue weighted by atomic mass is 16.5. The Morgan fingerprint density at radius 2 is 1.70 bits per heavy atom. The summed E-state index contributed by atoms with van der Waals surface area (Å²) in [6, 6.07) is 14.1. The third kappa shape index (κ3) is 6.98. The van der Waals surface area contributed by atoms with Gasteiger partial charge in [-0.05, 0) is 61.4 Å². The first-order valence-electron chi connectivity index (χ1n) is 9.11. The number of anilines is 1. The van der Waals surface area contributed by atoms with Crippen molar-refractivity contribution in [3.63, 3.8) is 0 Å². The van der Waals surface area contributed by atoms with E-state index in [1.165, 1.54) is 6.08 Å². The normalized spacial score (nSPS) is 10.6. The summed E-state index contributed by atoms with van der Waals surface area (Å²) in [5, 5.41) is 2.76. The molecule has 27 heavy (non-hydrogen) atoms. The number of amides is 1. The zero-order valence-corrected chi connectivity index (χ0v) is 15.7. The first-order valence-corrected chi connectivity index (χ1v) is 9.11. The molecule has 0 bridgehead atoms. The number of carbonyl (C=O) groups excluding carboxylic acids is 2. The Labute approximate surface area is 160 Å². The smallest absolute Gasteiger partial charge is 0.338 e. The van der Waals surface area contributed by atoms with Gasteiger partial charge in [-0.15, -0.1) is 0 Å². The summed E-state index contributed by atoms with van der Waals surface area (Å²) in [5.74, 6) is 0.200. The SMILES string of the molecule is CCCCOC(=O)c1ccc(NC(=O)C=Cc2ccc(OCC)cc2)cc1. The van der Waals surface area contributed by atoms with Crippen LogP contribution in [0.15, 0.2) is 54.6 Å². The van der Waals surface area contributed by atoms with Gasteiger partial charge >= 0.3 is 5.97 Å². The zero-order chi connectivity index (χ0) is 19.5. The van der Waals surface area contributed by atoms with E-state index in [1.807, 2.05) is 38.1 Å². The van der Waals surface area contributed by atoms with Crippen LogP contribution < -0.4 is 10.1 Å². The van der Waals surface area contributed by atoms with Crippen molar-refractivity contribution in [3.8, 4) is 5.75 Å². The van der Waals surface area contributed by atoms with Gasteiger partial charge in [-0.25, -0.2) is 4.79 Å². The largest absolute Gasteiger partial charge is 0.494 e. The second kappa shape index (κ2) is 10.8. The number of hydrogen-bond acceptors (Lipinski definition) is 4. The molecule has 0 radical (unpaired) electrons. The molecule has 0 aliphatic heterocycles. The lowest BCUT2D eigenvalue weighted by Crippen LogP contribution is -2.09. The number of carbonyl (C=O) groups is 2. The molecule has 0 aromatic heterocycles. The Kier molecular flexibility index (Phi) is 8.10. The number of hydrogen-bond donors (Lipinski definition) is 1. The zero-order valence-electron chi connectivity index (χ0n) is 15.7. The molecule has 0 aliphatic carbocycles. The van der Waals surface area contributed by atoms with Crippen molar-refractivity contribution in [2.24, 2.45) is 0 Å². The number of unbranched alkanes of at least 4 members (excludes halogenated alkanes) is 1. The Bertz CT molecular complexity index is 764. The van der Waals surface area contributed by atoms with Crippen LogP contribution in [0.1, 0.15) is 42.6 Å². The molecule has 0 saturated heterocycles. The average Bonchev–Trinajstić information content (AvgIpc) is 2.68. The molecule has 142 valence electrons. The van der Waals surface area contributed by atoms with E-state index >= 15 is 0 Å². The van der Waals surface area contributed by atoms with Crippen LogP contribution in [0.3, 0.4) is 0 Å². The fourth-order valence-electron chi connectivity index (χ4n) is 2.28. The van der Waals surface area contributed by atoms with E-state index in [2.05, 4.69) is 5.32 Å². The summed E-state index contributed by atoms with van der Waals surface area (Å²) in [6.45, 7) is 5.01. The predicted molar refractivity (Wildman–Crippen MR) is 107 cm³/mol. The van der Waals surface area contributed by atoms with E-state index in [-0.39, 0.29) is 11.9 Å². The van der Waals surface area contributed by atoms with Gasteiger partial charge in [0.1, 0.15) is 5.75 Å². The van der Waals surface area contributed by atoms with Crippen molar-refractivity contribution >= 4 is 23.6 Å². The van der Waals surface area contributed by atoms with Crippen molar-refractivity contribution in [3.05, 3.63) is 65.7 Å². The van der Waals surface area contributed by atoms with Crippen molar-refractivity contribution in [2.75, 3.05) is 18.5 Å². The highest BCUT2D eigenvalue weighted by Gasteiger charge is 2.07. The van der Waals surface area contributed by atoms with Gasteiger partial charge in [0.05, 0.1) is 18.8 Å². The predicted octanol–water partition coefficient (Wildman–Crippen LogP) is 4.69. The van der Waals surface area contributed by atoms with E-state index in [1.54, 1.807) is 30.3 Å². The minimum absolute atomic E-state index is 0.248. The molecule has 5 nitrogen and oxygen atoms in total. The first kappa shape index (κ1) is 20.2. The molecule has 0 unspecified atom stereocenters. The van der Waals surface area contributed by atoms with E-state index in [4.69, 9.17) is 9.47 Å². The van der Waals surface area contributed by atoms with E-state index in [0.29, 0.717) is 24.5 Å². The topological polar surface area (TPSA) is 64.6 Å². The molecular weight excluding hydrogens is 342 g/mol. The maximum atomic E-state index is 12.0. The molecule has 1 amide bonds. The lowest BCUT2D eigenvalue weighted by Gasteiger charge is -2.06. The highest BCUT2D eigenvalue weighted by Crippen LogP contribution is 2.14. The molecule has 0 spiro atoms. The third-order valence-electron chi connectivity index (χ3n) is 3.74. The molecule has 5 heteroatoms. The van der Waals surface area contributed by atoms with Gasteiger partial charge in [0, 0.05) is 11.8 Å². The van der Waals surface area contributed by atoms with Crippen molar-refractivity contribution < 1.29 is 19.1 Å². The van der Waals surface area contributed by atoms with Crippen LogP contribution in [0.5, 0.6) is 5.75 Å². The number of nitrogens with one attached hydrogen (secondary N) is 1. The van der Waals surface area contributed by atoms with E-state index in [0.717, 1.165) is 24.2 Å². The molecule has 0 aliphatic rings. The average molecular weight is 367 g/mol. The molecule has 0 heterocycles. The fourth-order valence-corrected chi connectivity index (χ4v) is 2.28. The summed E-state index contributed by atoms with van der Waals surface area (Å²) < 4.78 is 10.5. The summed E-state index contributed by atoms with van der Waals surface area (Å²) >= 11 is 0. The Hall–Kier alpha value is -3.08. The van der Waals surface area contributed by atoms with Crippen LogP contribution in [0.2, 0.25) is 0 Å². The van der Waals surface area contributed by atoms with Crippen LogP contribution in [0.4, 0.5) is 5.69 Å². The molecule has 2 rings (SSSR count). The number of benzene rings is 2. The highest BCUT2D eigenvalue weighted by molar-refractivity contribution is 6.02. The van der Waals surface area contributed by atoms with Gasteiger partial charge in [0.2, 0.25) is 5.91 Å². The van der Waals surface area contributed by atoms with Gasteiger partial charge < -0.3 is 14.8 Å². The lowest BCUT2D eigenvalue weighted by molar-refractivity contribution is -0.111. The molecule has 0 atom stereocenters. The van der Waals surface area contributed by atoms with Crippen LogP contribution in [0.25, 0.3) is 6.08 Å². The number of rotatable bonds is 9. The van der Waals surface area contributed by atoms with Crippen molar-refractivity contribution in [2.45, 2.75) is 26.7 Å². The molecule has 2 aromatic rings. The molecule has 0 fully saturated rings. The molecule has 1 N–H and O–H groups in total. The van der Waals surface area contributed by atoms with Gasteiger partial charge in [0.25, 0.3) is 0 Å². The molecule has 0 saturated carbocycles. The number of ether oxygens (including phenoxy) is 2. The summed E-state index contributed by atoms with van der Waals surface area (Å²) in [6.07, 6.45) is 5.01. The van der Waals surface area contributed by atoms with Gasteiger partial charge in [-0.1, -0.05) is 25.5 Å². The number of esters is 1. The Morgan fingerprint density at radius 1 is 1.00 bits per heavy atom. The van der Waals surface area contributed by atoms with E-state index < -0.39 is 0 Å². The maximum Gasteiger partial charge on any atom is 0.338 e. The third-order valence-corrected chi connectivity index (χ3v) is 3.74. The minimum atomic E-state index is -0.350. The summed E-state index contributed by atoms with van der Waals surface area (Å²) in [4.78, 5) is 23.9. The van der Waals surface area contributed by atoms with E-state index in [9.17, 15) is 9.59 Å². The van der Waals surface area contributed by atoms with Crippen LogP contribution in [-0.2, 0) is 9.53 Å². The first-order chi connectivity index (χ1) is 13.1. The van der Waals surface area contributed by atoms with Crippen LogP contribution >= 0.6 is 0 Å². The van der Waals surface area contributed by atoms with Crippen LogP contribution in [0, 0.1) is 0 Å². The summed E-state index contributed by atoms with van der Waals surface area (Å²) in [7, 11) is 0. The van der Waals surface area contributed by atoms with Crippen molar-refractivity contribution in [1.29, 1.82) is 0 Å². The molecular formula is C22H25NO4. The van der Waals surface area contributed by atoms with Gasteiger partial charge in [-0.3, -0.25) is 4.79 Å². The van der Waals surface area contributed by atoms with Crippen LogP contribution in [-0.4, -0.2) is 25.1 Å². The quantitative estimate of drug-likeness (QED) is 0.397. The molecule has 2 aromatic carbocycles. The fraction of sp³-hybridized carbons (Fsp3) is 0.273. The van der Waals surface area contributed by atoms with Gasteiger partial charge in [0.15, 0.2) is 0 Å². The Balaban J connectivity index is 1.87. The minimum Gasteiger partial charge on any atom is -0.494 e. The second-order valence-electron chi connectivity index (χ2n) is 5.89. The summed E-state index contributed by atoms with van der Waals surface area (Å²) in [5.41, 5.74) is 1.98. The standard InChI is InChI=1S/C22H25NO4/c1-3-5-16-27-22(25)18-9-11-19(12-10-18)23-21(24)15-8-17-6-13-20(14-7-17)26-4-2/h6-15H,3-5,16H2,1-2H3,(H,23,24).